The molecule has 1 aliphatic rings. The van der Waals surface area contributed by atoms with E-state index in [1.54, 1.807) is 7.11 Å². The van der Waals surface area contributed by atoms with Crippen molar-refractivity contribution in [1.82, 2.24) is 25.8 Å². The van der Waals surface area contributed by atoms with Crippen molar-refractivity contribution in [3.63, 3.8) is 0 Å². The fourth-order valence-electron chi connectivity index (χ4n) is 3.27. The quantitative estimate of drug-likeness (QED) is 0.169. The molecule has 1 fully saturated rings. The van der Waals surface area contributed by atoms with E-state index >= 15 is 0 Å². The summed E-state index contributed by atoms with van der Waals surface area (Å²) >= 11 is 0. The van der Waals surface area contributed by atoms with Gasteiger partial charge in [-0.05, 0) is 56.4 Å². The van der Waals surface area contributed by atoms with Gasteiger partial charge in [0.1, 0.15) is 18.1 Å². The molecule has 0 saturated carbocycles. The van der Waals surface area contributed by atoms with Gasteiger partial charge in [-0.1, -0.05) is 0 Å². The summed E-state index contributed by atoms with van der Waals surface area (Å²) in [4.78, 5) is 9.13. The van der Waals surface area contributed by atoms with Crippen LogP contribution in [0.1, 0.15) is 32.0 Å². The number of nitrogens with one attached hydrogen (secondary N) is 3. The molecule has 2 aromatic rings. The number of rotatable bonds is 11. The van der Waals surface area contributed by atoms with Crippen LogP contribution in [0.15, 0.2) is 29.3 Å². The average molecular weight is 558 g/mol. The molecule has 2 heterocycles. The third-order valence-electron chi connectivity index (χ3n) is 5.06. The van der Waals surface area contributed by atoms with E-state index in [2.05, 4.69) is 30.8 Å². The number of benzene rings is 1. The van der Waals surface area contributed by atoms with Gasteiger partial charge in [0.05, 0.1) is 7.11 Å². The lowest BCUT2D eigenvalue weighted by molar-refractivity contribution is 0.0203. The molecule has 1 aromatic heterocycles. The van der Waals surface area contributed by atoms with Crippen LogP contribution in [0, 0.1) is 5.92 Å². The number of aliphatic imine (C=N–C) groups is 1. The molecular formula is C22H35IN6O3. The van der Waals surface area contributed by atoms with Gasteiger partial charge in [-0.2, -0.15) is 5.10 Å². The highest BCUT2D eigenvalue weighted by Gasteiger charge is 2.13. The van der Waals surface area contributed by atoms with Crippen LogP contribution in [0.5, 0.6) is 5.75 Å². The second-order valence-electron chi connectivity index (χ2n) is 7.44. The number of aromatic nitrogens is 3. The van der Waals surface area contributed by atoms with Gasteiger partial charge in [-0.15, -0.1) is 24.0 Å². The Hall–Kier alpha value is -1.92. The van der Waals surface area contributed by atoms with Gasteiger partial charge >= 0.3 is 0 Å². The number of methoxy groups -OCH3 is 1. The normalized spacial score (nSPS) is 14.6. The van der Waals surface area contributed by atoms with Crippen molar-refractivity contribution in [2.45, 2.75) is 32.7 Å². The van der Waals surface area contributed by atoms with Crippen LogP contribution in [0.25, 0.3) is 11.4 Å². The predicted octanol–water partition coefficient (Wildman–Crippen LogP) is 2.99. The Balaban J connectivity index is 0.00000363. The van der Waals surface area contributed by atoms with Crippen LogP contribution in [0.2, 0.25) is 0 Å². The molecule has 32 heavy (non-hydrogen) atoms. The number of halogens is 1. The molecule has 1 aromatic carbocycles. The fourth-order valence-corrected chi connectivity index (χ4v) is 3.27. The average Bonchev–Trinajstić information content (AvgIpc) is 3.29. The summed E-state index contributed by atoms with van der Waals surface area (Å²) in [5.41, 5.74) is 0.929. The van der Waals surface area contributed by atoms with Gasteiger partial charge in [-0.3, -0.25) is 5.10 Å². The molecule has 0 bridgehead atoms. The maximum Gasteiger partial charge on any atom is 0.191 e. The summed E-state index contributed by atoms with van der Waals surface area (Å²) in [7, 11) is 1.65. The molecule has 0 atom stereocenters. The maximum absolute atomic E-state index is 5.82. The Bertz CT molecular complexity index is 793. The Morgan fingerprint density at radius 1 is 1.22 bits per heavy atom. The highest BCUT2D eigenvalue weighted by Crippen LogP contribution is 2.19. The highest BCUT2D eigenvalue weighted by atomic mass is 127. The third-order valence-corrected chi connectivity index (χ3v) is 5.06. The number of guanidine groups is 1. The van der Waals surface area contributed by atoms with E-state index < -0.39 is 0 Å². The largest absolute Gasteiger partial charge is 0.497 e. The third kappa shape index (κ3) is 8.91. The molecule has 0 spiro atoms. The molecule has 0 aliphatic carbocycles. The molecule has 1 saturated heterocycles. The van der Waals surface area contributed by atoms with Crippen molar-refractivity contribution in [3.8, 4) is 17.1 Å². The standard InChI is InChI=1S/C22H34N6O3.HI/c1-3-23-22(24-11-4-12-31-16-17-9-13-30-14-10-17)25-15-20-26-21(28-27-20)18-5-7-19(29-2)8-6-18;/h5-8,17H,3-4,9-16H2,1-2H3,(H2,23,24,25)(H,26,27,28);1H. The minimum absolute atomic E-state index is 0. The van der Waals surface area contributed by atoms with Crippen LogP contribution >= 0.6 is 24.0 Å². The molecule has 0 amide bonds. The van der Waals surface area contributed by atoms with E-state index in [0.717, 1.165) is 76.1 Å². The van der Waals surface area contributed by atoms with Crippen molar-refractivity contribution in [3.05, 3.63) is 30.1 Å². The summed E-state index contributed by atoms with van der Waals surface area (Å²) in [5.74, 6) is 3.56. The van der Waals surface area contributed by atoms with Gasteiger partial charge in [0.2, 0.25) is 0 Å². The van der Waals surface area contributed by atoms with Gasteiger partial charge < -0.3 is 24.8 Å². The Morgan fingerprint density at radius 3 is 2.72 bits per heavy atom. The molecule has 3 N–H and O–H groups in total. The van der Waals surface area contributed by atoms with Gasteiger partial charge in [0.25, 0.3) is 0 Å². The number of hydrogen-bond donors (Lipinski definition) is 3. The molecule has 9 nitrogen and oxygen atoms in total. The van der Waals surface area contributed by atoms with Crippen molar-refractivity contribution >= 4 is 29.9 Å². The predicted molar refractivity (Wildman–Crippen MR) is 136 cm³/mol. The fraction of sp³-hybridized carbons (Fsp3) is 0.591. The van der Waals surface area contributed by atoms with E-state index in [1.807, 2.05) is 31.2 Å². The minimum Gasteiger partial charge on any atom is -0.497 e. The molecule has 0 unspecified atom stereocenters. The smallest absolute Gasteiger partial charge is 0.191 e. The van der Waals surface area contributed by atoms with Crippen LogP contribution in [0.3, 0.4) is 0 Å². The number of nitrogens with zero attached hydrogens (tertiary/aromatic N) is 3. The lowest BCUT2D eigenvalue weighted by Crippen LogP contribution is -2.38. The van der Waals surface area contributed by atoms with E-state index in [0.29, 0.717) is 24.1 Å². The second-order valence-corrected chi connectivity index (χ2v) is 7.44. The van der Waals surface area contributed by atoms with Crippen molar-refractivity contribution in [1.29, 1.82) is 0 Å². The lowest BCUT2D eigenvalue weighted by atomic mass is 10.0. The molecular weight excluding hydrogens is 523 g/mol. The summed E-state index contributed by atoms with van der Waals surface area (Å²) in [6.07, 6.45) is 3.14. The van der Waals surface area contributed by atoms with Crippen LogP contribution < -0.4 is 15.4 Å². The van der Waals surface area contributed by atoms with Crippen molar-refractivity contribution in [2.24, 2.45) is 10.9 Å². The van der Waals surface area contributed by atoms with Gasteiger partial charge in [-0.25, -0.2) is 9.98 Å². The van der Waals surface area contributed by atoms with E-state index in [1.165, 1.54) is 0 Å². The lowest BCUT2D eigenvalue weighted by Gasteiger charge is -2.21. The zero-order chi connectivity index (χ0) is 21.7. The summed E-state index contributed by atoms with van der Waals surface area (Å²) < 4.78 is 16.4. The first-order valence-electron chi connectivity index (χ1n) is 11.0. The van der Waals surface area contributed by atoms with Gasteiger partial charge in [0, 0.05) is 45.1 Å². The molecule has 0 radical (unpaired) electrons. The second kappa shape index (κ2) is 15.0. The van der Waals surface area contributed by atoms with E-state index in [4.69, 9.17) is 14.2 Å². The number of ether oxygens (including phenoxy) is 3. The molecule has 178 valence electrons. The summed E-state index contributed by atoms with van der Waals surface area (Å²) in [6.45, 7) is 7.36. The van der Waals surface area contributed by atoms with Crippen molar-refractivity contribution < 1.29 is 14.2 Å². The maximum atomic E-state index is 5.82. The van der Waals surface area contributed by atoms with Crippen LogP contribution in [0.4, 0.5) is 0 Å². The summed E-state index contributed by atoms with van der Waals surface area (Å²) in [6, 6.07) is 7.66. The summed E-state index contributed by atoms with van der Waals surface area (Å²) in [5, 5.41) is 13.8. The van der Waals surface area contributed by atoms with Gasteiger partial charge in [0.15, 0.2) is 11.8 Å². The van der Waals surface area contributed by atoms with E-state index in [9.17, 15) is 0 Å². The SMILES string of the molecule is CCNC(=NCc1nc(-c2ccc(OC)cc2)n[nH]1)NCCCOCC1CCOCC1.I. The van der Waals surface area contributed by atoms with Crippen LogP contribution in [-0.2, 0) is 16.0 Å². The Morgan fingerprint density at radius 2 is 2.00 bits per heavy atom. The molecule has 3 rings (SSSR count). The Kier molecular flexibility index (Phi) is 12.4. The minimum atomic E-state index is 0. The topological polar surface area (TPSA) is 106 Å². The first-order valence-corrected chi connectivity index (χ1v) is 11.0. The van der Waals surface area contributed by atoms with E-state index in [-0.39, 0.29) is 24.0 Å². The number of aromatic amines is 1. The molecule has 10 heteroatoms. The monoisotopic (exact) mass is 558 g/mol. The van der Waals surface area contributed by atoms with Crippen LogP contribution in [-0.4, -0.2) is 67.8 Å². The zero-order valence-electron chi connectivity index (χ0n) is 18.9. The first-order chi connectivity index (χ1) is 15.3. The Labute approximate surface area is 207 Å². The number of H-pyrrole nitrogens is 1. The molecule has 1 aliphatic heterocycles. The zero-order valence-corrected chi connectivity index (χ0v) is 21.3. The van der Waals surface area contributed by atoms with Crippen molar-refractivity contribution in [2.75, 3.05) is 46.6 Å². The number of hydrogen-bond acceptors (Lipinski definition) is 6. The highest BCUT2D eigenvalue weighted by molar-refractivity contribution is 14.0. The first kappa shape index (κ1) is 26.3.